The maximum atomic E-state index is 12.7. The lowest BCUT2D eigenvalue weighted by Gasteiger charge is -2.30. The zero-order valence-electron chi connectivity index (χ0n) is 15.7. The Morgan fingerprint density at radius 2 is 1.93 bits per heavy atom. The van der Waals surface area contributed by atoms with Crippen LogP contribution in [-0.2, 0) is 22.5 Å². The molecule has 0 aliphatic carbocycles. The van der Waals surface area contributed by atoms with Crippen LogP contribution < -0.4 is 5.32 Å². The smallest absolute Gasteiger partial charge is 0.339 e. The second-order valence-electron chi connectivity index (χ2n) is 6.57. The highest BCUT2D eigenvalue weighted by molar-refractivity contribution is 5.93. The Hall–Kier alpha value is -3.42. The van der Waals surface area contributed by atoms with E-state index in [1.54, 1.807) is 11.9 Å². The van der Waals surface area contributed by atoms with Crippen molar-refractivity contribution in [1.82, 2.24) is 4.90 Å². The SMILES string of the molecule is CNc1ccc(C(=O)O[C@@H](C)C(=O)N2CCc3ccccc3C2)cc1[N+](=O)[O-]. The summed E-state index contributed by atoms with van der Waals surface area (Å²) in [4.78, 5) is 37.3. The number of anilines is 1. The molecule has 0 fully saturated rings. The summed E-state index contributed by atoms with van der Waals surface area (Å²) in [6, 6.07) is 11.9. The van der Waals surface area contributed by atoms with E-state index < -0.39 is 17.0 Å². The maximum Gasteiger partial charge on any atom is 0.339 e. The Bertz CT molecular complexity index is 928. The predicted molar refractivity (Wildman–Crippen MR) is 103 cm³/mol. The van der Waals surface area contributed by atoms with Crippen molar-refractivity contribution in [2.75, 3.05) is 18.9 Å². The van der Waals surface area contributed by atoms with Gasteiger partial charge in [-0.2, -0.15) is 0 Å². The molecule has 1 aliphatic rings. The van der Waals surface area contributed by atoms with Gasteiger partial charge in [0, 0.05) is 26.2 Å². The highest BCUT2D eigenvalue weighted by Crippen LogP contribution is 2.26. The molecule has 8 heteroatoms. The van der Waals surface area contributed by atoms with Crippen LogP contribution in [0.4, 0.5) is 11.4 Å². The van der Waals surface area contributed by atoms with Gasteiger partial charge in [-0.15, -0.1) is 0 Å². The van der Waals surface area contributed by atoms with Crippen LogP contribution in [0.25, 0.3) is 0 Å². The molecule has 0 aromatic heterocycles. The molecule has 1 N–H and O–H groups in total. The summed E-state index contributed by atoms with van der Waals surface area (Å²) in [6.45, 7) is 2.54. The van der Waals surface area contributed by atoms with Crippen molar-refractivity contribution < 1.29 is 19.2 Å². The van der Waals surface area contributed by atoms with Gasteiger partial charge < -0.3 is 15.0 Å². The Morgan fingerprint density at radius 1 is 1.21 bits per heavy atom. The zero-order valence-corrected chi connectivity index (χ0v) is 15.7. The fraction of sp³-hybridized carbons (Fsp3) is 0.300. The van der Waals surface area contributed by atoms with E-state index in [-0.39, 0.29) is 22.8 Å². The third-order valence-corrected chi connectivity index (χ3v) is 4.77. The van der Waals surface area contributed by atoms with Crippen LogP contribution in [0.15, 0.2) is 42.5 Å². The monoisotopic (exact) mass is 383 g/mol. The first-order valence-electron chi connectivity index (χ1n) is 8.93. The number of carbonyl (C=O) groups excluding carboxylic acids is 2. The number of rotatable bonds is 5. The molecule has 0 bridgehead atoms. The van der Waals surface area contributed by atoms with E-state index in [1.807, 2.05) is 24.3 Å². The zero-order chi connectivity index (χ0) is 20.3. The number of carbonyl (C=O) groups is 2. The molecule has 2 aromatic carbocycles. The third-order valence-electron chi connectivity index (χ3n) is 4.77. The second-order valence-corrected chi connectivity index (χ2v) is 6.57. The number of nitrogens with zero attached hydrogens (tertiary/aromatic N) is 2. The Morgan fingerprint density at radius 3 is 2.61 bits per heavy atom. The van der Waals surface area contributed by atoms with Crippen molar-refractivity contribution in [1.29, 1.82) is 0 Å². The summed E-state index contributed by atoms with van der Waals surface area (Å²) in [6.07, 6.45) is -0.235. The molecule has 0 saturated heterocycles. The minimum absolute atomic E-state index is 0.0225. The van der Waals surface area contributed by atoms with Crippen molar-refractivity contribution in [3.05, 3.63) is 69.3 Å². The van der Waals surface area contributed by atoms with Gasteiger partial charge >= 0.3 is 5.97 Å². The lowest BCUT2D eigenvalue weighted by Crippen LogP contribution is -2.42. The minimum Gasteiger partial charge on any atom is -0.449 e. The van der Waals surface area contributed by atoms with Gasteiger partial charge in [-0.3, -0.25) is 14.9 Å². The van der Waals surface area contributed by atoms with Crippen LogP contribution >= 0.6 is 0 Å². The highest BCUT2D eigenvalue weighted by Gasteiger charge is 2.28. The Balaban J connectivity index is 1.68. The van der Waals surface area contributed by atoms with Gasteiger partial charge in [-0.1, -0.05) is 24.3 Å². The van der Waals surface area contributed by atoms with Crippen molar-refractivity contribution in [2.24, 2.45) is 0 Å². The summed E-state index contributed by atoms with van der Waals surface area (Å²) in [5.41, 5.74) is 2.38. The number of nitro benzene ring substituents is 1. The molecule has 0 unspecified atom stereocenters. The molecule has 1 amide bonds. The number of nitrogens with one attached hydrogen (secondary N) is 1. The first-order valence-corrected chi connectivity index (χ1v) is 8.93. The summed E-state index contributed by atoms with van der Waals surface area (Å²) >= 11 is 0. The number of benzene rings is 2. The summed E-state index contributed by atoms with van der Waals surface area (Å²) < 4.78 is 5.27. The Labute approximate surface area is 162 Å². The van der Waals surface area contributed by atoms with Crippen LogP contribution in [0, 0.1) is 10.1 Å². The average Bonchev–Trinajstić information content (AvgIpc) is 2.72. The second kappa shape index (κ2) is 8.08. The van der Waals surface area contributed by atoms with Gasteiger partial charge in [-0.05, 0) is 36.6 Å². The number of hydrogen-bond acceptors (Lipinski definition) is 6. The van der Waals surface area contributed by atoms with Gasteiger partial charge in [-0.25, -0.2) is 4.79 Å². The molecule has 0 radical (unpaired) electrons. The number of fused-ring (bicyclic) bond motifs is 1. The van der Waals surface area contributed by atoms with Gasteiger partial charge in [0.15, 0.2) is 6.10 Å². The first kappa shape index (κ1) is 19.3. The predicted octanol–water partition coefficient (Wildman–Crippen LogP) is 2.77. The summed E-state index contributed by atoms with van der Waals surface area (Å²) in [7, 11) is 1.55. The lowest BCUT2D eigenvalue weighted by atomic mass is 9.99. The number of ether oxygens (including phenoxy) is 1. The van der Waals surface area contributed by atoms with Crippen LogP contribution in [0.3, 0.4) is 0 Å². The van der Waals surface area contributed by atoms with Gasteiger partial charge in [0.25, 0.3) is 11.6 Å². The number of esters is 1. The molecule has 3 rings (SSSR count). The molecule has 1 atom stereocenters. The number of nitro groups is 1. The van der Waals surface area contributed by atoms with Crippen LogP contribution in [-0.4, -0.2) is 41.4 Å². The topological polar surface area (TPSA) is 102 Å². The maximum absolute atomic E-state index is 12.7. The molecule has 0 spiro atoms. The van der Waals surface area contributed by atoms with Crippen molar-refractivity contribution >= 4 is 23.3 Å². The lowest BCUT2D eigenvalue weighted by molar-refractivity contribution is -0.384. The van der Waals surface area contributed by atoms with E-state index in [0.717, 1.165) is 18.1 Å². The molecule has 8 nitrogen and oxygen atoms in total. The van der Waals surface area contributed by atoms with Crippen molar-refractivity contribution in [3.8, 4) is 0 Å². The fourth-order valence-electron chi connectivity index (χ4n) is 3.24. The van der Waals surface area contributed by atoms with Crippen LogP contribution in [0.5, 0.6) is 0 Å². The first-order chi connectivity index (χ1) is 13.4. The molecule has 28 heavy (non-hydrogen) atoms. The van der Waals surface area contributed by atoms with Crippen molar-refractivity contribution in [2.45, 2.75) is 26.0 Å². The van der Waals surface area contributed by atoms with E-state index >= 15 is 0 Å². The van der Waals surface area contributed by atoms with E-state index in [4.69, 9.17) is 4.74 Å². The fourth-order valence-corrected chi connectivity index (χ4v) is 3.24. The van der Waals surface area contributed by atoms with Gasteiger partial charge in [0.2, 0.25) is 0 Å². The molecule has 146 valence electrons. The minimum atomic E-state index is -0.985. The molecule has 0 saturated carbocycles. The number of amides is 1. The normalized spacial score (nSPS) is 14.0. The Kier molecular flexibility index (Phi) is 5.58. The third kappa shape index (κ3) is 3.95. The van der Waals surface area contributed by atoms with Crippen LogP contribution in [0.1, 0.15) is 28.4 Å². The van der Waals surface area contributed by atoms with E-state index in [0.29, 0.717) is 13.1 Å². The summed E-state index contributed by atoms with van der Waals surface area (Å²) in [5.74, 6) is -1.06. The summed E-state index contributed by atoms with van der Waals surface area (Å²) in [5, 5.41) is 13.8. The van der Waals surface area contributed by atoms with E-state index in [2.05, 4.69) is 5.32 Å². The molecule has 2 aromatic rings. The molecular formula is C20H21N3O5. The van der Waals surface area contributed by atoms with Crippen molar-refractivity contribution in [3.63, 3.8) is 0 Å². The largest absolute Gasteiger partial charge is 0.449 e. The van der Waals surface area contributed by atoms with E-state index in [1.165, 1.54) is 24.6 Å². The van der Waals surface area contributed by atoms with Gasteiger partial charge in [0.1, 0.15) is 5.69 Å². The highest BCUT2D eigenvalue weighted by atomic mass is 16.6. The average molecular weight is 383 g/mol. The standard InChI is InChI=1S/C20H21N3O5/c1-13(19(24)22-10-9-14-5-3-4-6-16(14)12-22)28-20(25)15-7-8-17(21-2)18(11-15)23(26)27/h3-8,11,13,21H,9-10,12H2,1-2H3/t13-/m0/s1. The quantitative estimate of drug-likeness (QED) is 0.484. The number of hydrogen-bond donors (Lipinski definition) is 1. The van der Waals surface area contributed by atoms with E-state index in [9.17, 15) is 19.7 Å². The van der Waals surface area contributed by atoms with Crippen LogP contribution in [0.2, 0.25) is 0 Å². The molecule has 1 aliphatic heterocycles. The molecular weight excluding hydrogens is 362 g/mol. The van der Waals surface area contributed by atoms with Gasteiger partial charge in [0.05, 0.1) is 10.5 Å². The molecule has 1 heterocycles.